The first kappa shape index (κ1) is 20.5. The third-order valence-electron chi connectivity index (χ3n) is 4.79. The van der Waals surface area contributed by atoms with Gasteiger partial charge in [-0.3, -0.25) is 4.79 Å². The predicted octanol–water partition coefficient (Wildman–Crippen LogP) is 3.94. The highest BCUT2D eigenvalue weighted by molar-refractivity contribution is 6.30. The zero-order valence-electron chi connectivity index (χ0n) is 15.2. The molecule has 0 radical (unpaired) electrons. The molecule has 1 aliphatic heterocycles. The Kier molecular flexibility index (Phi) is 6.78. The van der Waals surface area contributed by atoms with E-state index in [-0.39, 0.29) is 18.3 Å². The molecule has 0 saturated carbocycles. The van der Waals surface area contributed by atoms with E-state index >= 15 is 0 Å². The lowest BCUT2D eigenvalue weighted by atomic mass is 10.1. The van der Waals surface area contributed by atoms with Crippen LogP contribution < -0.4 is 10.6 Å². The van der Waals surface area contributed by atoms with Crippen molar-refractivity contribution in [1.82, 2.24) is 20.4 Å². The van der Waals surface area contributed by atoms with Crippen molar-refractivity contribution in [2.24, 2.45) is 5.92 Å². The number of halogens is 2. The minimum atomic E-state index is -0.179. The maximum atomic E-state index is 12.6. The fraction of sp³-hybridized carbons (Fsp3) is 0.300. The molecule has 0 spiro atoms. The number of rotatable bonds is 6. The average Bonchev–Trinajstić information content (AvgIpc) is 3.43. The molecule has 4 rings (SSSR count). The Balaban J connectivity index is 0.00000225. The van der Waals surface area contributed by atoms with Crippen molar-refractivity contribution < 1.29 is 9.21 Å². The quantitative estimate of drug-likeness (QED) is 0.633. The fourth-order valence-electron chi connectivity index (χ4n) is 3.31. The largest absolute Gasteiger partial charge is 0.463 e. The standard InChI is InChI=1S/C20H21ClN4O2.ClH/c21-15-3-5-16(6-4-15)25-18(19-2-1-11-27-19)12-17(24-25)20(26)23-10-8-14-7-9-22-13-14;/h1-6,11-12,14,22H,7-10,13H2,(H,23,26);1H. The molecular formula is C20H22Cl2N4O2. The Bertz CT molecular complexity index is 901. The minimum absolute atomic E-state index is 0. The maximum Gasteiger partial charge on any atom is 0.271 e. The molecule has 148 valence electrons. The number of carbonyl (C=O) groups is 1. The molecule has 2 aromatic heterocycles. The Morgan fingerprint density at radius 3 is 2.82 bits per heavy atom. The van der Waals surface area contributed by atoms with Crippen molar-refractivity contribution in [2.75, 3.05) is 19.6 Å². The highest BCUT2D eigenvalue weighted by atomic mass is 35.5. The molecule has 1 aromatic carbocycles. The third-order valence-corrected chi connectivity index (χ3v) is 5.04. The molecule has 6 nitrogen and oxygen atoms in total. The van der Waals surface area contributed by atoms with Crippen molar-refractivity contribution in [1.29, 1.82) is 0 Å². The molecule has 1 saturated heterocycles. The molecule has 2 N–H and O–H groups in total. The Labute approximate surface area is 174 Å². The van der Waals surface area contributed by atoms with Gasteiger partial charge in [-0.2, -0.15) is 5.10 Å². The van der Waals surface area contributed by atoms with Crippen LogP contribution in [0.4, 0.5) is 0 Å². The second kappa shape index (κ2) is 9.28. The molecule has 1 unspecified atom stereocenters. The summed E-state index contributed by atoms with van der Waals surface area (Å²) in [5.74, 6) is 1.10. The number of hydrogen-bond acceptors (Lipinski definition) is 4. The number of carbonyl (C=O) groups excluding carboxylic acids is 1. The third kappa shape index (κ3) is 4.58. The van der Waals surface area contributed by atoms with E-state index in [9.17, 15) is 4.79 Å². The van der Waals surface area contributed by atoms with Gasteiger partial charge in [0.1, 0.15) is 5.69 Å². The molecule has 3 aromatic rings. The number of nitrogens with zero attached hydrogens (tertiary/aromatic N) is 2. The summed E-state index contributed by atoms with van der Waals surface area (Å²) in [5.41, 5.74) is 1.88. The van der Waals surface area contributed by atoms with E-state index in [1.54, 1.807) is 29.1 Å². The first-order valence-electron chi connectivity index (χ1n) is 9.09. The van der Waals surface area contributed by atoms with Gasteiger partial charge in [0, 0.05) is 17.6 Å². The van der Waals surface area contributed by atoms with Crippen LogP contribution in [0.5, 0.6) is 0 Å². The molecular weight excluding hydrogens is 399 g/mol. The van der Waals surface area contributed by atoms with E-state index in [2.05, 4.69) is 15.7 Å². The molecule has 8 heteroatoms. The Morgan fingerprint density at radius 2 is 2.14 bits per heavy atom. The summed E-state index contributed by atoms with van der Waals surface area (Å²) in [4.78, 5) is 12.6. The lowest BCUT2D eigenvalue weighted by Crippen LogP contribution is -2.26. The van der Waals surface area contributed by atoms with Crippen LogP contribution in [0.15, 0.2) is 53.1 Å². The first-order chi connectivity index (χ1) is 13.2. The van der Waals surface area contributed by atoms with Gasteiger partial charge in [-0.1, -0.05) is 11.6 Å². The summed E-state index contributed by atoms with van der Waals surface area (Å²) in [6, 6.07) is 12.7. The molecule has 28 heavy (non-hydrogen) atoms. The number of amides is 1. The van der Waals surface area contributed by atoms with E-state index in [1.165, 1.54) is 6.42 Å². The molecule has 3 heterocycles. The molecule has 1 atom stereocenters. The van der Waals surface area contributed by atoms with Gasteiger partial charge in [0.25, 0.3) is 5.91 Å². The minimum Gasteiger partial charge on any atom is -0.463 e. The summed E-state index contributed by atoms with van der Waals surface area (Å²) in [5, 5.41) is 11.5. The van der Waals surface area contributed by atoms with Crippen molar-refractivity contribution in [3.8, 4) is 17.1 Å². The summed E-state index contributed by atoms with van der Waals surface area (Å²) >= 11 is 5.99. The predicted molar refractivity (Wildman–Crippen MR) is 111 cm³/mol. The Hall–Kier alpha value is -2.28. The van der Waals surface area contributed by atoms with E-state index in [1.807, 2.05) is 24.3 Å². The highest BCUT2D eigenvalue weighted by Gasteiger charge is 2.19. The van der Waals surface area contributed by atoms with Crippen LogP contribution in [0.1, 0.15) is 23.3 Å². The first-order valence-corrected chi connectivity index (χ1v) is 9.47. The van der Waals surface area contributed by atoms with Gasteiger partial charge >= 0.3 is 0 Å². The van der Waals surface area contributed by atoms with Gasteiger partial charge in [0.05, 0.1) is 12.0 Å². The maximum absolute atomic E-state index is 12.6. The molecule has 1 aliphatic rings. The average molecular weight is 421 g/mol. The van der Waals surface area contributed by atoms with Gasteiger partial charge in [0.15, 0.2) is 11.5 Å². The molecule has 0 bridgehead atoms. The lowest BCUT2D eigenvalue weighted by molar-refractivity contribution is 0.0946. The van der Waals surface area contributed by atoms with E-state index in [4.69, 9.17) is 16.0 Å². The number of aromatic nitrogens is 2. The lowest BCUT2D eigenvalue weighted by Gasteiger charge is -2.08. The summed E-state index contributed by atoms with van der Waals surface area (Å²) in [6.45, 7) is 2.75. The topological polar surface area (TPSA) is 72.1 Å². The zero-order valence-corrected chi connectivity index (χ0v) is 16.8. The van der Waals surface area contributed by atoms with E-state index < -0.39 is 0 Å². The second-order valence-electron chi connectivity index (χ2n) is 6.68. The number of benzene rings is 1. The van der Waals surface area contributed by atoms with Gasteiger partial charge in [-0.15, -0.1) is 12.4 Å². The van der Waals surface area contributed by atoms with Crippen molar-refractivity contribution >= 4 is 29.9 Å². The van der Waals surface area contributed by atoms with Crippen LogP contribution in [0.25, 0.3) is 17.1 Å². The normalized spacial score (nSPS) is 16.0. The van der Waals surface area contributed by atoms with Crippen LogP contribution in [-0.2, 0) is 0 Å². The van der Waals surface area contributed by atoms with Crippen LogP contribution >= 0.6 is 24.0 Å². The smallest absolute Gasteiger partial charge is 0.271 e. The highest BCUT2D eigenvalue weighted by Crippen LogP contribution is 2.25. The summed E-state index contributed by atoms with van der Waals surface area (Å²) < 4.78 is 7.22. The van der Waals surface area contributed by atoms with Gasteiger partial charge in [-0.25, -0.2) is 4.68 Å². The summed E-state index contributed by atoms with van der Waals surface area (Å²) in [7, 11) is 0. The number of hydrogen-bond donors (Lipinski definition) is 2. The molecule has 0 aliphatic carbocycles. The van der Waals surface area contributed by atoms with E-state index in [0.717, 1.165) is 25.2 Å². The van der Waals surface area contributed by atoms with Crippen LogP contribution in [0.2, 0.25) is 5.02 Å². The van der Waals surface area contributed by atoms with Crippen molar-refractivity contribution in [3.05, 3.63) is 59.4 Å². The molecule has 1 fully saturated rings. The van der Waals surface area contributed by atoms with Crippen molar-refractivity contribution in [3.63, 3.8) is 0 Å². The van der Waals surface area contributed by atoms with Gasteiger partial charge in [-0.05, 0) is 68.2 Å². The zero-order chi connectivity index (χ0) is 18.6. The second-order valence-corrected chi connectivity index (χ2v) is 7.12. The summed E-state index contributed by atoms with van der Waals surface area (Å²) in [6.07, 6.45) is 3.75. The fourth-order valence-corrected chi connectivity index (χ4v) is 3.44. The number of furan rings is 1. The monoisotopic (exact) mass is 420 g/mol. The van der Waals surface area contributed by atoms with E-state index in [0.29, 0.717) is 34.6 Å². The van der Waals surface area contributed by atoms with Crippen molar-refractivity contribution in [2.45, 2.75) is 12.8 Å². The van der Waals surface area contributed by atoms with Crippen LogP contribution in [0.3, 0.4) is 0 Å². The molecule has 1 amide bonds. The van der Waals surface area contributed by atoms with Gasteiger partial charge < -0.3 is 15.1 Å². The van der Waals surface area contributed by atoms with Crippen LogP contribution in [-0.4, -0.2) is 35.3 Å². The SMILES string of the molecule is Cl.O=C(NCCC1CCNC1)c1cc(-c2ccco2)n(-c2ccc(Cl)cc2)n1. The van der Waals surface area contributed by atoms with Crippen LogP contribution in [0, 0.1) is 5.92 Å². The Morgan fingerprint density at radius 1 is 1.32 bits per heavy atom. The van der Waals surface area contributed by atoms with Gasteiger partial charge in [0.2, 0.25) is 0 Å². The number of nitrogens with one attached hydrogen (secondary N) is 2.